The Hall–Kier alpha value is -2.63. The molecule has 1 aliphatic heterocycles. The van der Waals surface area contributed by atoms with E-state index in [4.69, 9.17) is 16.3 Å². The summed E-state index contributed by atoms with van der Waals surface area (Å²) in [6.45, 7) is 4.13. The fourth-order valence-corrected chi connectivity index (χ4v) is 4.17. The lowest BCUT2D eigenvalue weighted by atomic mass is 9.79. The maximum atomic E-state index is 13.7. The number of ether oxygens (including phenoxy) is 2. The molecule has 0 spiro atoms. The second-order valence-electron chi connectivity index (χ2n) is 8.34. The highest BCUT2D eigenvalue weighted by atomic mass is 35.5. The fourth-order valence-electron chi connectivity index (χ4n) is 4.00. The Morgan fingerprint density at radius 3 is 2.79 bits per heavy atom. The summed E-state index contributed by atoms with van der Waals surface area (Å²) in [5.41, 5.74) is 1.68. The SMILES string of the molecule is C=C(CCNC(=O)[C@H]1C[C@@H](O)c2cc(Cl)c(F)cc2O1)n1cc(C2CC(OC(F)(F)F)C2)cn1. The third-order valence-electron chi connectivity index (χ3n) is 5.92. The standard InChI is InChI=1S/C22H22ClF4N3O4/c1-11(30-10-13(9-29-30)12-4-14(5-12)34-22(25,26)27)2-3-28-21(32)20-8-18(31)15-6-16(23)17(24)7-19(15)33-20/h6-7,9-10,12,14,18,20,31H,1-5,8H2,(H,28,32)/t12?,14?,18-,20-/m1/s1. The van der Waals surface area contributed by atoms with Crippen molar-refractivity contribution < 1.29 is 36.9 Å². The van der Waals surface area contributed by atoms with E-state index in [-0.39, 0.29) is 42.5 Å². The number of alkyl halides is 3. The summed E-state index contributed by atoms with van der Waals surface area (Å²) in [5.74, 6) is -1.19. The van der Waals surface area contributed by atoms with Gasteiger partial charge in [0.05, 0.1) is 23.4 Å². The van der Waals surface area contributed by atoms with Gasteiger partial charge in [-0.3, -0.25) is 9.53 Å². The van der Waals surface area contributed by atoms with Crippen molar-refractivity contribution in [3.8, 4) is 5.75 Å². The monoisotopic (exact) mass is 503 g/mol. The second-order valence-corrected chi connectivity index (χ2v) is 8.75. The quantitative estimate of drug-likeness (QED) is 0.550. The normalized spacial score (nSPS) is 24.1. The molecule has 7 nitrogen and oxygen atoms in total. The Balaban J connectivity index is 1.24. The number of carbonyl (C=O) groups is 1. The summed E-state index contributed by atoms with van der Waals surface area (Å²) in [6.07, 6.45) is -3.35. The van der Waals surface area contributed by atoms with Gasteiger partial charge >= 0.3 is 6.36 Å². The molecular weight excluding hydrogens is 482 g/mol. The molecular formula is C22H22ClF4N3O4. The van der Waals surface area contributed by atoms with Gasteiger partial charge in [0.15, 0.2) is 6.10 Å². The summed E-state index contributed by atoms with van der Waals surface area (Å²) in [4.78, 5) is 12.5. The molecule has 2 aromatic rings. The molecule has 1 aromatic carbocycles. The molecule has 1 fully saturated rings. The molecule has 2 aliphatic rings. The van der Waals surface area contributed by atoms with E-state index in [9.17, 15) is 27.5 Å². The Morgan fingerprint density at radius 2 is 2.09 bits per heavy atom. The second kappa shape index (κ2) is 9.55. The number of halogens is 5. The van der Waals surface area contributed by atoms with Crippen LogP contribution < -0.4 is 10.1 Å². The maximum Gasteiger partial charge on any atom is 0.522 e. The van der Waals surface area contributed by atoms with Crippen molar-refractivity contribution in [2.75, 3.05) is 6.54 Å². The zero-order chi connectivity index (χ0) is 24.6. The summed E-state index contributed by atoms with van der Waals surface area (Å²) in [5, 5.41) is 17.0. The van der Waals surface area contributed by atoms with E-state index in [1.165, 1.54) is 10.7 Å². The highest BCUT2D eigenvalue weighted by Crippen LogP contribution is 2.41. The minimum atomic E-state index is -4.63. The van der Waals surface area contributed by atoms with Crippen LogP contribution in [0.3, 0.4) is 0 Å². The third kappa shape index (κ3) is 5.53. The molecule has 2 atom stereocenters. The van der Waals surface area contributed by atoms with Gasteiger partial charge in [-0.2, -0.15) is 5.10 Å². The first-order valence-corrected chi connectivity index (χ1v) is 11.0. The fraction of sp³-hybridized carbons (Fsp3) is 0.455. The number of hydrogen-bond acceptors (Lipinski definition) is 5. The van der Waals surface area contributed by atoms with Crippen molar-refractivity contribution in [3.63, 3.8) is 0 Å². The van der Waals surface area contributed by atoms with Gasteiger partial charge in [0.25, 0.3) is 5.91 Å². The molecule has 2 N–H and O–H groups in total. The zero-order valence-corrected chi connectivity index (χ0v) is 18.6. The minimum Gasteiger partial charge on any atom is -0.480 e. The van der Waals surface area contributed by atoms with Gasteiger partial charge < -0.3 is 15.2 Å². The molecule has 34 heavy (non-hydrogen) atoms. The van der Waals surface area contributed by atoms with Crippen LogP contribution in [0.25, 0.3) is 5.70 Å². The number of carbonyl (C=O) groups excluding carboxylic acids is 1. The topological polar surface area (TPSA) is 85.6 Å². The van der Waals surface area contributed by atoms with Crippen LogP contribution in [0.15, 0.2) is 31.1 Å². The third-order valence-corrected chi connectivity index (χ3v) is 6.21. The Bertz CT molecular complexity index is 1080. The summed E-state index contributed by atoms with van der Waals surface area (Å²) < 4.78 is 61.5. The van der Waals surface area contributed by atoms with Gasteiger partial charge in [0.1, 0.15) is 11.6 Å². The molecule has 1 aromatic heterocycles. The molecule has 0 bridgehead atoms. The van der Waals surface area contributed by atoms with Crippen LogP contribution in [0.5, 0.6) is 5.75 Å². The minimum absolute atomic E-state index is 0.00923. The average Bonchev–Trinajstić information content (AvgIpc) is 3.20. The maximum absolute atomic E-state index is 13.7. The van der Waals surface area contributed by atoms with Gasteiger partial charge in [-0.1, -0.05) is 18.2 Å². The number of aliphatic hydroxyl groups excluding tert-OH is 1. The number of benzene rings is 1. The van der Waals surface area contributed by atoms with E-state index in [0.29, 0.717) is 17.7 Å². The predicted octanol–water partition coefficient (Wildman–Crippen LogP) is 4.32. The molecule has 0 unspecified atom stereocenters. The lowest BCUT2D eigenvalue weighted by Gasteiger charge is -2.34. The first kappa shape index (κ1) is 24.5. The van der Waals surface area contributed by atoms with Crippen LogP contribution in [0.1, 0.15) is 48.8 Å². The number of nitrogens with zero attached hydrogens (tertiary/aromatic N) is 2. The van der Waals surface area contributed by atoms with Crippen LogP contribution >= 0.6 is 11.6 Å². The number of aliphatic hydroxyl groups is 1. The number of hydrogen-bond donors (Lipinski definition) is 2. The van der Waals surface area contributed by atoms with Crippen LogP contribution in [0, 0.1) is 5.82 Å². The zero-order valence-electron chi connectivity index (χ0n) is 17.8. The lowest BCUT2D eigenvalue weighted by molar-refractivity contribution is -0.351. The average molecular weight is 504 g/mol. The van der Waals surface area contributed by atoms with E-state index in [0.717, 1.165) is 11.6 Å². The Morgan fingerprint density at radius 1 is 1.35 bits per heavy atom. The smallest absolute Gasteiger partial charge is 0.480 e. The number of nitrogens with one attached hydrogen (secondary N) is 1. The van der Waals surface area contributed by atoms with Gasteiger partial charge in [0.2, 0.25) is 0 Å². The Labute approximate surface area is 197 Å². The summed E-state index contributed by atoms with van der Waals surface area (Å²) in [6, 6.07) is 2.32. The Kier molecular flexibility index (Phi) is 6.88. The summed E-state index contributed by atoms with van der Waals surface area (Å²) >= 11 is 5.74. The number of fused-ring (bicyclic) bond motifs is 1. The largest absolute Gasteiger partial charge is 0.522 e. The summed E-state index contributed by atoms with van der Waals surface area (Å²) in [7, 11) is 0. The van der Waals surface area contributed by atoms with E-state index in [1.807, 2.05) is 0 Å². The molecule has 0 saturated heterocycles. The number of amides is 1. The molecule has 12 heteroatoms. The van der Waals surface area contributed by atoms with Crippen molar-refractivity contribution in [2.45, 2.75) is 56.3 Å². The van der Waals surface area contributed by atoms with Crippen molar-refractivity contribution in [2.24, 2.45) is 0 Å². The van der Waals surface area contributed by atoms with Gasteiger partial charge in [0, 0.05) is 42.9 Å². The predicted molar refractivity (Wildman–Crippen MR) is 113 cm³/mol. The number of aromatic nitrogens is 2. The van der Waals surface area contributed by atoms with Gasteiger partial charge in [-0.05, 0) is 30.4 Å². The first-order chi connectivity index (χ1) is 16.0. The number of rotatable bonds is 7. The van der Waals surface area contributed by atoms with Crippen molar-refractivity contribution in [1.29, 1.82) is 0 Å². The van der Waals surface area contributed by atoms with Crippen LogP contribution in [0.2, 0.25) is 5.02 Å². The van der Waals surface area contributed by atoms with E-state index in [1.54, 1.807) is 12.4 Å². The van der Waals surface area contributed by atoms with Crippen LogP contribution in [-0.2, 0) is 9.53 Å². The van der Waals surface area contributed by atoms with Crippen molar-refractivity contribution in [3.05, 3.63) is 53.1 Å². The van der Waals surface area contributed by atoms with E-state index < -0.39 is 36.4 Å². The molecule has 1 aliphatic carbocycles. The van der Waals surface area contributed by atoms with Gasteiger partial charge in [-0.15, -0.1) is 13.2 Å². The molecule has 4 rings (SSSR count). The first-order valence-electron chi connectivity index (χ1n) is 10.6. The van der Waals surface area contributed by atoms with Crippen LogP contribution in [-0.4, -0.2) is 45.9 Å². The lowest BCUT2D eigenvalue weighted by Crippen LogP contribution is -2.41. The van der Waals surface area contributed by atoms with Crippen molar-refractivity contribution >= 4 is 23.2 Å². The van der Waals surface area contributed by atoms with Gasteiger partial charge in [-0.25, -0.2) is 9.07 Å². The molecule has 184 valence electrons. The van der Waals surface area contributed by atoms with Crippen molar-refractivity contribution in [1.82, 2.24) is 15.1 Å². The highest BCUT2D eigenvalue weighted by molar-refractivity contribution is 6.30. The molecule has 1 amide bonds. The molecule has 0 radical (unpaired) electrons. The highest BCUT2D eigenvalue weighted by Gasteiger charge is 2.41. The van der Waals surface area contributed by atoms with E-state index in [2.05, 4.69) is 21.7 Å². The van der Waals surface area contributed by atoms with E-state index >= 15 is 0 Å². The molecule has 2 heterocycles. The molecule has 1 saturated carbocycles. The van der Waals surface area contributed by atoms with Crippen LogP contribution in [0.4, 0.5) is 17.6 Å².